The average molecular weight is 156 g/mol. The summed E-state index contributed by atoms with van der Waals surface area (Å²) in [7, 11) is 0. The minimum atomic E-state index is -0.194. The Balaban J connectivity index is 3.53. The predicted molar refractivity (Wildman–Crippen MR) is 45.3 cm³/mol. The van der Waals surface area contributed by atoms with Crippen LogP contribution in [0.15, 0.2) is 11.6 Å². The lowest BCUT2D eigenvalue weighted by Crippen LogP contribution is -2.06. The van der Waals surface area contributed by atoms with Crippen LogP contribution in [0.2, 0.25) is 0 Å². The van der Waals surface area contributed by atoms with Crippen LogP contribution in [0.5, 0.6) is 0 Å². The van der Waals surface area contributed by atoms with Gasteiger partial charge < -0.3 is 4.74 Å². The van der Waals surface area contributed by atoms with Gasteiger partial charge in [0, 0.05) is 5.57 Å². The van der Waals surface area contributed by atoms with Crippen molar-refractivity contribution in [2.24, 2.45) is 0 Å². The van der Waals surface area contributed by atoms with E-state index >= 15 is 0 Å². The number of esters is 1. The molecule has 0 saturated heterocycles. The minimum Gasteiger partial charge on any atom is -0.462 e. The molecule has 0 spiro atoms. The zero-order valence-corrected chi connectivity index (χ0v) is 7.52. The van der Waals surface area contributed by atoms with Crippen molar-refractivity contribution in [3.8, 4) is 0 Å². The molecule has 0 aliphatic carbocycles. The van der Waals surface area contributed by atoms with Crippen molar-refractivity contribution >= 4 is 5.97 Å². The third-order valence-electron chi connectivity index (χ3n) is 1.49. The van der Waals surface area contributed by atoms with Crippen LogP contribution >= 0.6 is 0 Å². The number of carbonyl (C=O) groups is 1. The van der Waals surface area contributed by atoms with E-state index in [1.54, 1.807) is 13.0 Å². The molecule has 0 aliphatic heterocycles. The van der Waals surface area contributed by atoms with E-state index in [4.69, 9.17) is 4.74 Å². The highest BCUT2D eigenvalue weighted by Crippen LogP contribution is 1.97. The van der Waals surface area contributed by atoms with Crippen LogP contribution < -0.4 is 0 Å². The molecule has 0 bridgehead atoms. The van der Waals surface area contributed by atoms with Gasteiger partial charge in [0.25, 0.3) is 0 Å². The second kappa shape index (κ2) is 5.96. The standard InChI is InChI=1S/C9H16O2/c1-4-6-7-11-9(10)8(3)5-2/h5H,4,6-7H2,1-3H3/b8-5+. The second-order valence-electron chi connectivity index (χ2n) is 2.46. The smallest absolute Gasteiger partial charge is 0.333 e. The summed E-state index contributed by atoms with van der Waals surface area (Å²) in [4.78, 5) is 11.0. The van der Waals surface area contributed by atoms with Gasteiger partial charge in [0.15, 0.2) is 0 Å². The monoisotopic (exact) mass is 156 g/mol. The van der Waals surface area contributed by atoms with E-state index in [-0.39, 0.29) is 5.97 Å². The van der Waals surface area contributed by atoms with E-state index in [0.29, 0.717) is 12.2 Å². The van der Waals surface area contributed by atoms with Crippen LogP contribution in [0.25, 0.3) is 0 Å². The lowest BCUT2D eigenvalue weighted by molar-refractivity contribution is -0.139. The van der Waals surface area contributed by atoms with E-state index in [9.17, 15) is 4.79 Å². The summed E-state index contributed by atoms with van der Waals surface area (Å²) in [6.45, 7) is 6.20. The molecule has 0 aliphatic rings. The highest BCUT2D eigenvalue weighted by Gasteiger charge is 2.02. The maximum atomic E-state index is 11.0. The highest BCUT2D eigenvalue weighted by atomic mass is 16.5. The van der Waals surface area contributed by atoms with Crippen molar-refractivity contribution in [2.75, 3.05) is 6.61 Å². The fraction of sp³-hybridized carbons (Fsp3) is 0.667. The molecule has 0 unspecified atom stereocenters. The molecule has 0 saturated carbocycles. The third-order valence-corrected chi connectivity index (χ3v) is 1.49. The summed E-state index contributed by atoms with van der Waals surface area (Å²) in [6, 6.07) is 0. The van der Waals surface area contributed by atoms with Gasteiger partial charge in [-0.05, 0) is 20.3 Å². The largest absolute Gasteiger partial charge is 0.462 e. The number of hydrogen-bond acceptors (Lipinski definition) is 2. The SMILES string of the molecule is C/C=C(\C)C(=O)OCCCC. The van der Waals surface area contributed by atoms with Crippen LogP contribution in [0, 0.1) is 0 Å². The van der Waals surface area contributed by atoms with Crippen molar-refractivity contribution in [1.29, 1.82) is 0 Å². The molecule has 2 nitrogen and oxygen atoms in total. The maximum Gasteiger partial charge on any atom is 0.333 e. The zero-order chi connectivity index (χ0) is 8.69. The summed E-state index contributed by atoms with van der Waals surface area (Å²) in [5.74, 6) is -0.194. The Labute approximate surface area is 68.2 Å². The van der Waals surface area contributed by atoms with E-state index < -0.39 is 0 Å². The zero-order valence-electron chi connectivity index (χ0n) is 7.52. The molecule has 0 amide bonds. The first-order chi connectivity index (χ1) is 5.22. The Kier molecular flexibility index (Phi) is 5.53. The molecule has 11 heavy (non-hydrogen) atoms. The topological polar surface area (TPSA) is 26.3 Å². The van der Waals surface area contributed by atoms with Gasteiger partial charge >= 0.3 is 5.97 Å². The van der Waals surface area contributed by atoms with E-state index in [2.05, 4.69) is 6.92 Å². The van der Waals surface area contributed by atoms with E-state index in [1.807, 2.05) is 6.92 Å². The second-order valence-corrected chi connectivity index (χ2v) is 2.46. The summed E-state index contributed by atoms with van der Waals surface area (Å²) in [5.41, 5.74) is 0.682. The number of ether oxygens (including phenoxy) is 1. The Bertz CT molecular complexity index is 148. The molecule has 0 atom stereocenters. The molecule has 0 radical (unpaired) electrons. The van der Waals surface area contributed by atoms with Gasteiger partial charge in [-0.3, -0.25) is 0 Å². The summed E-state index contributed by atoms with van der Waals surface area (Å²) < 4.78 is 4.93. The minimum absolute atomic E-state index is 0.194. The Hall–Kier alpha value is -0.790. The summed E-state index contributed by atoms with van der Waals surface area (Å²) in [6.07, 6.45) is 3.76. The van der Waals surface area contributed by atoms with Crippen LogP contribution in [-0.4, -0.2) is 12.6 Å². The van der Waals surface area contributed by atoms with E-state index in [0.717, 1.165) is 12.8 Å². The normalized spacial score (nSPS) is 11.4. The quantitative estimate of drug-likeness (QED) is 0.354. The lowest BCUT2D eigenvalue weighted by Gasteiger charge is -2.02. The summed E-state index contributed by atoms with van der Waals surface area (Å²) in [5, 5.41) is 0. The Morgan fingerprint density at radius 1 is 1.55 bits per heavy atom. The fourth-order valence-corrected chi connectivity index (χ4v) is 0.541. The van der Waals surface area contributed by atoms with Gasteiger partial charge in [-0.15, -0.1) is 0 Å². The predicted octanol–water partition coefficient (Wildman–Crippen LogP) is 2.30. The first kappa shape index (κ1) is 10.2. The molecular formula is C9H16O2. The van der Waals surface area contributed by atoms with Crippen LogP contribution in [-0.2, 0) is 9.53 Å². The Morgan fingerprint density at radius 2 is 2.18 bits per heavy atom. The van der Waals surface area contributed by atoms with Gasteiger partial charge in [0.05, 0.1) is 6.61 Å². The van der Waals surface area contributed by atoms with Crippen LogP contribution in [0.1, 0.15) is 33.6 Å². The van der Waals surface area contributed by atoms with Crippen molar-refractivity contribution in [3.05, 3.63) is 11.6 Å². The first-order valence-corrected chi connectivity index (χ1v) is 4.02. The molecular weight excluding hydrogens is 140 g/mol. The van der Waals surface area contributed by atoms with Gasteiger partial charge in [-0.1, -0.05) is 19.4 Å². The van der Waals surface area contributed by atoms with Gasteiger partial charge in [0.1, 0.15) is 0 Å². The van der Waals surface area contributed by atoms with Crippen molar-refractivity contribution in [3.63, 3.8) is 0 Å². The first-order valence-electron chi connectivity index (χ1n) is 4.02. The average Bonchev–Trinajstić information content (AvgIpc) is 2.03. The molecule has 0 fully saturated rings. The lowest BCUT2D eigenvalue weighted by atomic mass is 10.3. The summed E-state index contributed by atoms with van der Waals surface area (Å²) >= 11 is 0. The van der Waals surface area contributed by atoms with E-state index in [1.165, 1.54) is 0 Å². The van der Waals surface area contributed by atoms with Crippen molar-refractivity contribution < 1.29 is 9.53 Å². The van der Waals surface area contributed by atoms with Crippen molar-refractivity contribution in [2.45, 2.75) is 33.6 Å². The molecule has 0 aromatic heterocycles. The van der Waals surface area contributed by atoms with Crippen LogP contribution in [0.3, 0.4) is 0 Å². The highest BCUT2D eigenvalue weighted by molar-refractivity contribution is 5.87. The van der Waals surface area contributed by atoms with Gasteiger partial charge in [0.2, 0.25) is 0 Å². The third kappa shape index (κ3) is 4.59. The van der Waals surface area contributed by atoms with Crippen LogP contribution in [0.4, 0.5) is 0 Å². The molecule has 0 aromatic carbocycles. The Morgan fingerprint density at radius 3 is 2.64 bits per heavy atom. The molecule has 2 heteroatoms. The van der Waals surface area contributed by atoms with Gasteiger partial charge in [-0.2, -0.15) is 0 Å². The van der Waals surface area contributed by atoms with Gasteiger partial charge in [-0.25, -0.2) is 4.79 Å². The molecule has 0 aromatic rings. The number of carbonyl (C=O) groups excluding carboxylic acids is 1. The van der Waals surface area contributed by atoms with Crippen molar-refractivity contribution in [1.82, 2.24) is 0 Å². The number of hydrogen-bond donors (Lipinski definition) is 0. The molecule has 64 valence electrons. The molecule has 0 heterocycles. The molecule has 0 N–H and O–H groups in total. The maximum absolute atomic E-state index is 11.0. The fourth-order valence-electron chi connectivity index (χ4n) is 0.541. The molecule has 0 rings (SSSR count). The number of allylic oxidation sites excluding steroid dienone is 1. The number of unbranched alkanes of at least 4 members (excludes halogenated alkanes) is 1. The number of rotatable bonds is 4.